The Balaban J connectivity index is 2.09. The van der Waals surface area contributed by atoms with Gasteiger partial charge in [-0.15, -0.1) is 0 Å². The lowest BCUT2D eigenvalue weighted by Gasteiger charge is -2.21. The molecule has 0 aliphatic heterocycles. The Morgan fingerprint density at radius 3 is 2.75 bits per heavy atom. The predicted molar refractivity (Wildman–Crippen MR) is 75.9 cm³/mol. The Hall–Kier alpha value is -1.49. The molecule has 1 aromatic rings. The van der Waals surface area contributed by atoms with Gasteiger partial charge in [-0.05, 0) is 25.8 Å². The molecule has 1 saturated carbocycles. The minimum absolute atomic E-state index is 0.0878. The molecule has 0 atom stereocenters. The van der Waals surface area contributed by atoms with Crippen LogP contribution in [0.3, 0.4) is 0 Å². The maximum absolute atomic E-state index is 12.5. The highest BCUT2D eigenvalue weighted by atomic mass is 35.5. The first kappa shape index (κ1) is 14.9. The van der Waals surface area contributed by atoms with Crippen LogP contribution >= 0.6 is 11.6 Å². The van der Waals surface area contributed by atoms with Gasteiger partial charge < -0.3 is 14.2 Å². The Morgan fingerprint density at radius 1 is 1.50 bits per heavy atom. The van der Waals surface area contributed by atoms with Crippen molar-refractivity contribution in [2.24, 2.45) is 0 Å². The maximum Gasteiger partial charge on any atom is 0.307 e. The Bertz CT molecular complexity index is 509. The van der Waals surface area contributed by atoms with Gasteiger partial charge >= 0.3 is 5.97 Å². The summed E-state index contributed by atoms with van der Waals surface area (Å²) < 4.78 is 6.55. The van der Waals surface area contributed by atoms with Crippen molar-refractivity contribution in [1.82, 2.24) is 9.47 Å². The summed E-state index contributed by atoms with van der Waals surface area (Å²) in [6.45, 7) is 2.79. The first-order valence-electron chi connectivity index (χ1n) is 6.80. The van der Waals surface area contributed by atoms with Crippen LogP contribution in [-0.2, 0) is 9.53 Å². The SMILES string of the molecule is CCN(CCC(=O)OC)C(=O)c1cc(Cl)cn1C1CC1. The molecule has 20 heavy (non-hydrogen) atoms. The number of aromatic nitrogens is 1. The van der Waals surface area contributed by atoms with E-state index in [0.29, 0.717) is 29.8 Å². The fraction of sp³-hybridized carbons (Fsp3) is 0.571. The molecule has 0 spiro atoms. The summed E-state index contributed by atoms with van der Waals surface area (Å²) in [5, 5.41) is 0.573. The molecule has 6 heteroatoms. The minimum Gasteiger partial charge on any atom is -0.469 e. The fourth-order valence-electron chi connectivity index (χ4n) is 2.17. The van der Waals surface area contributed by atoms with Crippen molar-refractivity contribution >= 4 is 23.5 Å². The molecule has 1 aliphatic rings. The van der Waals surface area contributed by atoms with Gasteiger partial charge in [0.1, 0.15) is 5.69 Å². The molecule has 1 heterocycles. The molecule has 110 valence electrons. The van der Waals surface area contributed by atoms with Crippen molar-refractivity contribution in [3.05, 3.63) is 23.0 Å². The van der Waals surface area contributed by atoms with Gasteiger partial charge in [-0.1, -0.05) is 11.6 Å². The highest BCUT2D eigenvalue weighted by Crippen LogP contribution is 2.37. The van der Waals surface area contributed by atoms with E-state index in [9.17, 15) is 9.59 Å². The number of ether oxygens (including phenoxy) is 1. The number of carbonyl (C=O) groups is 2. The lowest BCUT2D eigenvalue weighted by atomic mass is 10.3. The summed E-state index contributed by atoms with van der Waals surface area (Å²) in [5.74, 6) is -0.401. The van der Waals surface area contributed by atoms with Crippen LogP contribution in [0, 0.1) is 0 Å². The largest absolute Gasteiger partial charge is 0.469 e. The van der Waals surface area contributed by atoms with E-state index in [2.05, 4.69) is 4.74 Å². The number of esters is 1. The molecule has 1 amide bonds. The van der Waals surface area contributed by atoms with E-state index in [1.807, 2.05) is 11.5 Å². The van der Waals surface area contributed by atoms with Gasteiger partial charge in [0.05, 0.1) is 18.6 Å². The van der Waals surface area contributed by atoms with E-state index in [4.69, 9.17) is 11.6 Å². The maximum atomic E-state index is 12.5. The average molecular weight is 299 g/mol. The third kappa shape index (κ3) is 3.33. The van der Waals surface area contributed by atoms with Gasteiger partial charge in [0.25, 0.3) is 5.91 Å². The smallest absolute Gasteiger partial charge is 0.307 e. The second-order valence-electron chi connectivity index (χ2n) is 4.89. The van der Waals surface area contributed by atoms with Crippen LogP contribution < -0.4 is 0 Å². The first-order chi connectivity index (χ1) is 9.56. The van der Waals surface area contributed by atoms with Crippen LogP contribution in [0.2, 0.25) is 5.02 Å². The summed E-state index contributed by atoms with van der Waals surface area (Å²) in [7, 11) is 1.35. The molecule has 2 rings (SSSR count). The van der Waals surface area contributed by atoms with E-state index in [-0.39, 0.29) is 18.3 Å². The van der Waals surface area contributed by atoms with Crippen LogP contribution in [0.15, 0.2) is 12.3 Å². The second-order valence-corrected chi connectivity index (χ2v) is 5.33. The van der Waals surface area contributed by atoms with E-state index in [0.717, 1.165) is 12.8 Å². The van der Waals surface area contributed by atoms with Crippen LogP contribution in [0.1, 0.15) is 42.7 Å². The predicted octanol–water partition coefficient (Wildman–Crippen LogP) is 2.50. The number of halogens is 1. The highest BCUT2D eigenvalue weighted by molar-refractivity contribution is 6.31. The molecule has 0 radical (unpaired) electrons. The lowest BCUT2D eigenvalue weighted by molar-refractivity contribution is -0.140. The number of carbonyl (C=O) groups excluding carboxylic acids is 2. The molecule has 0 bridgehead atoms. The Morgan fingerprint density at radius 2 is 2.20 bits per heavy atom. The number of nitrogens with zero attached hydrogens (tertiary/aromatic N) is 2. The van der Waals surface area contributed by atoms with E-state index >= 15 is 0 Å². The number of methoxy groups -OCH3 is 1. The molecule has 0 N–H and O–H groups in total. The standard InChI is InChI=1S/C14H19ClN2O3/c1-3-16(7-6-13(18)20-2)14(19)12-8-10(15)9-17(12)11-4-5-11/h8-9,11H,3-7H2,1-2H3. The quantitative estimate of drug-likeness (QED) is 0.758. The van der Waals surface area contributed by atoms with Gasteiger partial charge in [-0.25, -0.2) is 0 Å². The van der Waals surface area contributed by atoms with Gasteiger partial charge in [0.2, 0.25) is 0 Å². The van der Waals surface area contributed by atoms with Crippen LogP contribution in [-0.4, -0.2) is 41.5 Å². The lowest BCUT2D eigenvalue weighted by Crippen LogP contribution is -2.34. The van der Waals surface area contributed by atoms with Crippen molar-refractivity contribution < 1.29 is 14.3 Å². The third-order valence-corrected chi connectivity index (χ3v) is 3.66. The average Bonchev–Trinajstić information content (AvgIpc) is 3.21. The van der Waals surface area contributed by atoms with Crippen molar-refractivity contribution in [1.29, 1.82) is 0 Å². The van der Waals surface area contributed by atoms with Crippen LogP contribution in [0.5, 0.6) is 0 Å². The third-order valence-electron chi connectivity index (χ3n) is 3.46. The van der Waals surface area contributed by atoms with E-state index in [1.165, 1.54) is 7.11 Å². The van der Waals surface area contributed by atoms with E-state index in [1.54, 1.807) is 17.2 Å². The molecule has 1 aromatic heterocycles. The van der Waals surface area contributed by atoms with Crippen molar-refractivity contribution in [3.8, 4) is 0 Å². The zero-order valence-electron chi connectivity index (χ0n) is 11.8. The number of rotatable bonds is 6. The highest BCUT2D eigenvalue weighted by Gasteiger charge is 2.29. The van der Waals surface area contributed by atoms with Crippen molar-refractivity contribution in [3.63, 3.8) is 0 Å². The topological polar surface area (TPSA) is 51.5 Å². The number of hydrogen-bond acceptors (Lipinski definition) is 3. The van der Waals surface area contributed by atoms with Crippen molar-refractivity contribution in [2.75, 3.05) is 20.2 Å². The zero-order chi connectivity index (χ0) is 14.7. The molecular formula is C14H19ClN2O3. The fourth-order valence-corrected chi connectivity index (χ4v) is 2.37. The number of hydrogen-bond donors (Lipinski definition) is 0. The second kappa shape index (κ2) is 6.31. The van der Waals surface area contributed by atoms with Crippen LogP contribution in [0.4, 0.5) is 0 Å². The summed E-state index contributed by atoms with van der Waals surface area (Å²) in [4.78, 5) is 25.4. The summed E-state index contributed by atoms with van der Waals surface area (Å²) in [6, 6.07) is 2.09. The normalized spacial score (nSPS) is 14.2. The van der Waals surface area contributed by atoms with Crippen molar-refractivity contribution in [2.45, 2.75) is 32.2 Å². The summed E-state index contributed by atoms with van der Waals surface area (Å²) in [5.41, 5.74) is 0.601. The summed E-state index contributed by atoms with van der Waals surface area (Å²) >= 11 is 6.01. The molecule has 5 nitrogen and oxygen atoms in total. The Labute approximate surface area is 123 Å². The molecule has 0 saturated heterocycles. The molecular weight excluding hydrogens is 280 g/mol. The molecule has 0 unspecified atom stereocenters. The molecule has 0 aromatic carbocycles. The zero-order valence-corrected chi connectivity index (χ0v) is 12.5. The monoisotopic (exact) mass is 298 g/mol. The summed E-state index contributed by atoms with van der Waals surface area (Å²) in [6.07, 6.45) is 4.17. The van der Waals surface area contributed by atoms with Gasteiger partial charge in [0, 0.05) is 25.3 Å². The minimum atomic E-state index is -0.313. The first-order valence-corrected chi connectivity index (χ1v) is 7.18. The van der Waals surface area contributed by atoms with E-state index < -0.39 is 0 Å². The van der Waals surface area contributed by atoms with Gasteiger partial charge in [0.15, 0.2) is 0 Å². The number of amides is 1. The van der Waals surface area contributed by atoms with Crippen LogP contribution in [0.25, 0.3) is 0 Å². The van der Waals surface area contributed by atoms with Gasteiger partial charge in [-0.2, -0.15) is 0 Å². The molecule has 1 aliphatic carbocycles. The van der Waals surface area contributed by atoms with Gasteiger partial charge in [-0.3, -0.25) is 9.59 Å². The Kier molecular flexibility index (Phi) is 4.70. The molecule has 1 fully saturated rings.